The van der Waals surface area contributed by atoms with E-state index in [0.29, 0.717) is 36.2 Å². The van der Waals surface area contributed by atoms with Gasteiger partial charge < -0.3 is 15.1 Å². The third kappa shape index (κ3) is 4.14. The summed E-state index contributed by atoms with van der Waals surface area (Å²) in [4.78, 5) is 29.7. The smallest absolute Gasteiger partial charge is 0.228 e. The summed E-state index contributed by atoms with van der Waals surface area (Å²) in [6, 6.07) is 5.92. The van der Waals surface area contributed by atoms with Crippen LogP contribution in [-0.4, -0.2) is 60.9 Å². The maximum Gasteiger partial charge on any atom is 0.228 e. The van der Waals surface area contributed by atoms with Gasteiger partial charge in [0.1, 0.15) is 0 Å². The van der Waals surface area contributed by atoms with Gasteiger partial charge in [0.25, 0.3) is 0 Å². The summed E-state index contributed by atoms with van der Waals surface area (Å²) in [5, 5.41) is 4.45. The number of nitrogens with zero attached hydrogens (tertiary/aromatic N) is 2. The number of carbonyl (C=O) groups excluding carboxylic acids is 2. The van der Waals surface area contributed by atoms with Gasteiger partial charge in [-0.05, 0) is 50.4 Å². The molecule has 0 spiro atoms. The Morgan fingerprint density at radius 2 is 1.76 bits per heavy atom. The van der Waals surface area contributed by atoms with Crippen LogP contribution in [0.25, 0.3) is 0 Å². The summed E-state index contributed by atoms with van der Waals surface area (Å²) in [6.07, 6.45) is 3.53. The fourth-order valence-corrected chi connectivity index (χ4v) is 5.03. The number of halogens is 2. The normalized spacial score (nSPS) is 26.6. The number of likely N-dealkylation sites (N-methyl/N-ethyl adjacent to an activating group) is 1. The largest absolute Gasteiger partial charge is 0.342 e. The molecule has 1 aromatic carbocycles. The standard InChI is InChI=1S/C22H29Cl2N3O2/c1-22(7-8-22)21(29)26-9-5-14(6-10-26)20(28)27-12-16(19(13-27)25-2)15-3-4-17(23)18(24)11-15/h3-4,11,14,16,19,25H,5-10,12-13H2,1-2H3/t16-,19?/m1/s1. The molecular formula is C22H29Cl2N3O2. The number of carbonyl (C=O) groups is 2. The molecule has 29 heavy (non-hydrogen) atoms. The van der Waals surface area contributed by atoms with E-state index in [0.717, 1.165) is 31.2 Å². The maximum absolute atomic E-state index is 13.2. The number of nitrogens with one attached hydrogen (secondary N) is 1. The molecule has 1 aliphatic carbocycles. The van der Waals surface area contributed by atoms with Gasteiger partial charge in [-0.3, -0.25) is 9.59 Å². The molecule has 4 rings (SSSR count). The Morgan fingerprint density at radius 3 is 2.34 bits per heavy atom. The third-order valence-electron chi connectivity index (χ3n) is 7.02. The highest BCUT2D eigenvalue weighted by Crippen LogP contribution is 2.47. The van der Waals surface area contributed by atoms with Crippen molar-refractivity contribution in [3.63, 3.8) is 0 Å². The maximum atomic E-state index is 13.2. The molecule has 1 N–H and O–H groups in total. The van der Waals surface area contributed by atoms with Crippen LogP contribution in [0.1, 0.15) is 44.1 Å². The second-order valence-electron chi connectivity index (χ2n) is 9.05. The lowest BCUT2D eigenvalue weighted by Gasteiger charge is -2.34. The number of piperidine rings is 1. The van der Waals surface area contributed by atoms with Crippen molar-refractivity contribution in [2.24, 2.45) is 11.3 Å². The number of likely N-dealkylation sites (tertiary alicyclic amines) is 2. The molecule has 2 heterocycles. The zero-order valence-electron chi connectivity index (χ0n) is 17.1. The van der Waals surface area contributed by atoms with Crippen LogP contribution in [0.5, 0.6) is 0 Å². The predicted octanol–water partition coefficient (Wildman–Crippen LogP) is 3.55. The average molecular weight is 438 g/mol. The van der Waals surface area contributed by atoms with Crippen molar-refractivity contribution >= 4 is 35.0 Å². The van der Waals surface area contributed by atoms with Gasteiger partial charge in [0.05, 0.1) is 10.0 Å². The minimum absolute atomic E-state index is 0.0103. The van der Waals surface area contributed by atoms with Crippen LogP contribution in [0.4, 0.5) is 0 Å². The number of hydrogen-bond donors (Lipinski definition) is 1. The molecular weight excluding hydrogens is 409 g/mol. The lowest BCUT2D eigenvalue weighted by Crippen LogP contribution is -2.46. The molecule has 3 fully saturated rings. The van der Waals surface area contributed by atoms with Crippen molar-refractivity contribution in [2.45, 2.75) is 44.6 Å². The topological polar surface area (TPSA) is 52.7 Å². The van der Waals surface area contributed by atoms with Gasteiger partial charge in [0.2, 0.25) is 11.8 Å². The average Bonchev–Trinajstić information content (AvgIpc) is 3.34. The van der Waals surface area contributed by atoms with E-state index in [-0.39, 0.29) is 35.1 Å². The minimum atomic E-state index is -0.126. The highest BCUT2D eigenvalue weighted by atomic mass is 35.5. The van der Waals surface area contributed by atoms with Crippen LogP contribution < -0.4 is 5.32 Å². The summed E-state index contributed by atoms with van der Waals surface area (Å²) in [7, 11) is 1.94. The van der Waals surface area contributed by atoms with Gasteiger partial charge in [0, 0.05) is 49.5 Å². The van der Waals surface area contributed by atoms with Gasteiger partial charge in [-0.1, -0.05) is 36.2 Å². The van der Waals surface area contributed by atoms with Gasteiger partial charge in [0.15, 0.2) is 0 Å². The van der Waals surface area contributed by atoms with E-state index in [9.17, 15) is 9.59 Å². The van der Waals surface area contributed by atoms with Crippen LogP contribution in [-0.2, 0) is 9.59 Å². The minimum Gasteiger partial charge on any atom is -0.342 e. The number of rotatable bonds is 4. The van der Waals surface area contributed by atoms with E-state index in [1.54, 1.807) is 0 Å². The molecule has 0 aromatic heterocycles. The Hall–Kier alpha value is -1.30. The Labute approximate surface area is 182 Å². The molecule has 1 saturated carbocycles. The number of amides is 2. The zero-order chi connectivity index (χ0) is 20.8. The predicted molar refractivity (Wildman–Crippen MR) is 115 cm³/mol. The van der Waals surface area contributed by atoms with Crippen LogP contribution in [0.2, 0.25) is 10.0 Å². The molecule has 3 aliphatic rings. The molecule has 5 nitrogen and oxygen atoms in total. The fraction of sp³-hybridized carbons (Fsp3) is 0.636. The summed E-state index contributed by atoms with van der Waals surface area (Å²) >= 11 is 12.3. The van der Waals surface area contributed by atoms with Crippen molar-refractivity contribution in [2.75, 3.05) is 33.2 Å². The third-order valence-corrected chi connectivity index (χ3v) is 7.76. The molecule has 2 amide bonds. The number of hydrogen-bond acceptors (Lipinski definition) is 3. The summed E-state index contributed by atoms with van der Waals surface area (Å²) < 4.78 is 0. The SMILES string of the molecule is CNC1CN(C(=O)C2CCN(C(=O)C3(C)CC3)CC2)C[C@@H]1c1ccc(Cl)c(Cl)c1. The van der Waals surface area contributed by atoms with E-state index < -0.39 is 0 Å². The quantitative estimate of drug-likeness (QED) is 0.783. The van der Waals surface area contributed by atoms with Crippen molar-refractivity contribution in [3.05, 3.63) is 33.8 Å². The molecule has 2 saturated heterocycles. The molecule has 2 aliphatic heterocycles. The fourth-order valence-electron chi connectivity index (χ4n) is 4.73. The van der Waals surface area contributed by atoms with E-state index in [2.05, 4.69) is 12.2 Å². The second-order valence-corrected chi connectivity index (χ2v) is 9.86. The highest BCUT2D eigenvalue weighted by molar-refractivity contribution is 6.42. The monoisotopic (exact) mass is 437 g/mol. The lowest BCUT2D eigenvalue weighted by atomic mass is 9.93. The zero-order valence-corrected chi connectivity index (χ0v) is 18.6. The van der Waals surface area contributed by atoms with Gasteiger partial charge in [-0.2, -0.15) is 0 Å². The summed E-state index contributed by atoms with van der Waals surface area (Å²) in [5.41, 5.74) is 0.978. The molecule has 0 radical (unpaired) electrons. The van der Waals surface area contributed by atoms with E-state index in [4.69, 9.17) is 23.2 Å². The molecule has 158 valence electrons. The number of benzene rings is 1. The first-order valence-corrected chi connectivity index (χ1v) is 11.3. The van der Waals surface area contributed by atoms with E-state index in [1.807, 2.05) is 35.0 Å². The summed E-state index contributed by atoms with van der Waals surface area (Å²) in [6.45, 7) is 4.82. The Balaban J connectivity index is 1.38. The first kappa shape index (κ1) is 21.0. The van der Waals surface area contributed by atoms with Crippen molar-refractivity contribution < 1.29 is 9.59 Å². The van der Waals surface area contributed by atoms with E-state index >= 15 is 0 Å². The molecule has 1 aromatic rings. The van der Waals surface area contributed by atoms with Gasteiger partial charge in [-0.25, -0.2) is 0 Å². The first-order valence-electron chi connectivity index (χ1n) is 10.5. The van der Waals surface area contributed by atoms with Crippen molar-refractivity contribution in [1.82, 2.24) is 15.1 Å². The first-order chi connectivity index (χ1) is 13.8. The molecule has 7 heteroatoms. The Bertz CT molecular complexity index is 803. The van der Waals surface area contributed by atoms with Crippen LogP contribution in [0.15, 0.2) is 18.2 Å². The molecule has 1 unspecified atom stereocenters. The molecule has 2 atom stereocenters. The Kier molecular flexibility index (Phi) is 5.84. The highest BCUT2D eigenvalue weighted by Gasteiger charge is 2.48. The Morgan fingerprint density at radius 1 is 1.07 bits per heavy atom. The summed E-state index contributed by atoms with van der Waals surface area (Å²) in [5.74, 6) is 0.698. The van der Waals surface area contributed by atoms with Crippen LogP contribution in [0, 0.1) is 11.3 Å². The second kappa shape index (κ2) is 8.09. The lowest BCUT2D eigenvalue weighted by molar-refractivity contribution is -0.142. The van der Waals surface area contributed by atoms with Crippen LogP contribution in [0.3, 0.4) is 0 Å². The van der Waals surface area contributed by atoms with Gasteiger partial charge >= 0.3 is 0 Å². The van der Waals surface area contributed by atoms with E-state index in [1.165, 1.54) is 0 Å². The van der Waals surface area contributed by atoms with Gasteiger partial charge in [-0.15, -0.1) is 0 Å². The van der Waals surface area contributed by atoms with Crippen LogP contribution >= 0.6 is 23.2 Å². The van der Waals surface area contributed by atoms with Crippen molar-refractivity contribution in [1.29, 1.82) is 0 Å². The molecule has 0 bridgehead atoms. The van der Waals surface area contributed by atoms with Crippen molar-refractivity contribution in [3.8, 4) is 0 Å².